The Morgan fingerprint density at radius 2 is 1.86 bits per heavy atom. The zero-order valence-corrected chi connectivity index (χ0v) is 12.5. The van der Waals surface area contributed by atoms with Gasteiger partial charge in [-0.05, 0) is 35.4 Å². The third-order valence-electron chi connectivity index (χ3n) is 2.84. The zero-order chi connectivity index (χ0) is 15.4. The van der Waals surface area contributed by atoms with Gasteiger partial charge in [0.2, 0.25) is 0 Å². The van der Waals surface area contributed by atoms with Crippen LogP contribution in [0.2, 0.25) is 5.02 Å². The number of carbonyl (C=O) groups is 1. The molecular formula is C15H12ClFO3S. The molecule has 6 heteroatoms. The lowest BCUT2D eigenvalue weighted by molar-refractivity contribution is -0.136. The molecule has 0 bridgehead atoms. The maximum atomic E-state index is 12.9. The Balaban J connectivity index is 2.11. The normalized spacial score (nSPS) is 12.1. The van der Waals surface area contributed by atoms with Gasteiger partial charge in [-0.15, -0.1) is 0 Å². The number of hydrogen-bond donors (Lipinski definition) is 1. The highest BCUT2D eigenvalue weighted by Gasteiger charge is 2.09. The van der Waals surface area contributed by atoms with E-state index in [1.165, 1.54) is 18.2 Å². The second kappa shape index (κ2) is 6.83. The summed E-state index contributed by atoms with van der Waals surface area (Å²) in [5.41, 5.74) is 1.24. The predicted octanol–water partition coefficient (Wildman–Crippen LogP) is 3.41. The number of hydrogen-bond acceptors (Lipinski definition) is 2. The molecule has 0 aliphatic rings. The molecule has 0 spiro atoms. The maximum Gasteiger partial charge on any atom is 0.307 e. The first-order valence-electron chi connectivity index (χ1n) is 6.09. The van der Waals surface area contributed by atoms with E-state index in [0.717, 1.165) is 0 Å². The summed E-state index contributed by atoms with van der Waals surface area (Å²) in [6.07, 6.45) is -0.0727. The SMILES string of the molecule is O=C(O)Cc1ccc(S(=O)Cc2ccc(F)cc2Cl)cc1. The quantitative estimate of drug-likeness (QED) is 0.916. The van der Waals surface area contributed by atoms with Gasteiger partial charge in [-0.25, -0.2) is 4.39 Å². The Morgan fingerprint density at radius 1 is 1.19 bits per heavy atom. The molecule has 0 amide bonds. The zero-order valence-electron chi connectivity index (χ0n) is 10.9. The fourth-order valence-electron chi connectivity index (χ4n) is 1.80. The molecule has 1 N–H and O–H groups in total. The summed E-state index contributed by atoms with van der Waals surface area (Å²) < 4.78 is 25.2. The third-order valence-corrected chi connectivity index (χ3v) is 4.57. The second-order valence-corrected chi connectivity index (χ2v) is 6.30. The van der Waals surface area contributed by atoms with Crippen molar-refractivity contribution in [2.75, 3.05) is 0 Å². The van der Waals surface area contributed by atoms with E-state index in [1.54, 1.807) is 24.3 Å². The van der Waals surface area contributed by atoms with Crippen molar-refractivity contribution < 1.29 is 18.5 Å². The van der Waals surface area contributed by atoms with Crippen LogP contribution in [-0.2, 0) is 27.8 Å². The van der Waals surface area contributed by atoms with Crippen LogP contribution in [0.1, 0.15) is 11.1 Å². The van der Waals surface area contributed by atoms with Crippen molar-refractivity contribution in [3.63, 3.8) is 0 Å². The van der Waals surface area contributed by atoms with E-state index in [0.29, 0.717) is 16.0 Å². The summed E-state index contributed by atoms with van der Waals surface area (Å²) in [4.78, 5) is 11.2. The van der Waals surface area contributed by atoms with Crippen molar-refractivity contribution in [2.24, 2.45) is 0 Å². The summed E-state index contributed by atoms with van der Waals surface area (Å²) in [5.74, 6) is -1.17. The first-order valence-corrected chi connectivity index (χ1v) is 7.78. The minimum atomic E-state index is -1.33. The van der Waals surface area contributed by atoms with Crippen LogP contribution in [-0.4, -0.2) is 15.3 Å². The molecule has 0 saturated carbocycles. The highest BCUT2D eigenvalue weighted by molar-refractivity contribution is 7.84. The van der Waals surface area contributed by atoms with E-state index in [2.05, 4.69) is 0 Å². The maximum absolute atomic E-state index is 12.9. The Hall–Kier alpha value is -1.72. The number of halogens is 2. The fraction of sp³-hybridized carbons (Fsp3) is 0.133. The molecule has 0 aliphatic carbocycles. The Morgan fingerprint density at radius 3 is 2.43 bits per heavy atom. The van der Waals surface area contributed by atoms with Crippen LogP contribution in [0.15, 0.2) is 47.4 Å². The van der Waals surface area contributed by atoms with E-state index in [-0.39, 0.29) is 17.2 Å². The van der Waals surface area contributed by atoms with Gasteiger partial charge in [-0.2, -0.15) is 0 Å². The van der Waals surface area contributed by atoms with Crippen LogP contribution in [0.5, 0.6) is 0 Å². The van der Waals surface area contributed by atoms with Crippen molar-refractivity contribution >= 4 is 28.4 Å². The van der Waals surface area contributed by atoms with Crippen LogP contribution >= 0.6 is 11.6 Å². The van der Waals surface area contributed by atoms with Gasteiger partial charge in [-0.3, -0.25) is 9.00 Å². The molecule has 0 saturated heterocycles. The Kier molecular flexibility index (Phi) is 5.09. The minimum absolute atomic E-state index is 0.0727. The summed E-state index contributed by atoms with van der Waals surface area (Å²) in [6.45, 7) is 0. The van der Waals surface area contributed by atoms with Gasteiger partial charge in [0.15, 0.2) is 0 Å². The topological polar surface area (TPSA) is 54.4 Å². The Bertz CT molecular complexity index is 686. The predicted molar refractivity (Wildman–Crippen MR) is 79.3 cm³/mol. The molecule has 21 heavy (non-hydrogen) atoms. The summed E-state index contributed by atoms with van der Waals surface area (Å²) in [5, 5.41) is 8.93. The molecule has 3 nitrogen and oxygen atoms in total. The molecule has 0 heterocycles. The number of carboxylic acid groups (broad SMARTS) is 1. The van der Waals surface area contributed by atoms with Crippen LogP contribution in [0.4, 0.5) is 4.39 Å². The lowest BCUT2D eigenvalue weighted by Crippen LogP contribution is -2.01. The smallest absolute Gasteiger partial charge is 0.307 e. The average molecular weight is 327 g/mol. The number of rotatable bonds is 5. The van der Waals surface area contributed by atoms with E-state index < -0.39 is 22.6 Å². The van der Waals surface area contributed by atoms with Crippen molar-refractivity contribution in [1.29, 1.82) is 0 Å². The molecule has 0 radical (unpaired) electrons. The molecule has 2 rings (SSSR count). The lowest BCUT2D eigenvalue weighted by atomic mass is 10.2. The highest BCUT2D eigenvalue weighted by Crippen LogP contribution is 2.21. The highest BCUT2D eigenvalue weighted by atomic mass is 35.5. The minimum Gasteiger partial charge on any atom is -0.481 e. The van der Waals surface area contributed by atoms with Gasteiger partial charge in [0.05, 0.1) is 23.0 Å². The summed E-state index contributed by atoms with van der Waals surface area (Å²) >= 11 is 5.90. The van der Waals surface area contributed by atoms with Crippen molar-refractivity contribution in [2.45, 2.75) is 17.1 Å². The second-order valence-electron chi connectivity index (χ2n) is 4.44. The molecule has 0 fully saturated rings. The van der Waals surface area contributed by atoms with Crippen LogP contribution in [0.25, 0.3) is 0 Å². The van der Waals surface area contributed by atoms with E-state index in [4.69, 9.17) is 16.7 Å². The monoisotopic (exact) mass is 326 g/mol. The van der Waals surface area contributed by atoms with Crippen LogP contribution in [0.3, 0.4) is 0 Å². The first kappa shape index (κ1) is 15.7. The largest absolute Gasteiger partial charge is 0.481 e. The number of aliphatic carboxylic acids is 1. The van der Waals surface area contributed by atoms with Gasteiger partial charge in [0.25, 0.3) is 0 Å². The average Bonchev–Trinajstić information content (AvgIpc) is 2.42. The van der Waals surface area contributed by atoms with Crippen molar-refractivity contribution in [1.82, 2.24) is 0 Å². The standard InChI is InChI=1S/C15H12ClFO3S/c16-14-8-12(17)4-3-11(14)9-21(20)13-5-1-10(2-6-13)7-15(18)19/h1-6,8H,7,9H2,(H,18,19). The van der Waals surface area contributed by atoms with E-state index >= 15 is 0 Å². The van der Waals surface area contributed by atoms with E-state index in [9.17, 15) is 13.4 Å². The Labute approximate surface area is 128 Å². The summed E-state index contributed by atoms with van der Waals surface area (Å²) in [6, 6.07) is 10.5. The molecule has 0 aliphatic heterocycles. The lowest BCUT2D eigenvalue weighted by Gasteiger charge is -2.06. The summed E-state index contributed by atoms with van der Waals surface area (Å²) in [7, 11) is -1.33. The van der Waals surface area contributed by atoms with Gasteiger partial charge < -0.3 is 5.11 Å². The van der Waals surface area contributed by atoms with Gasteiger partial charge in [0.1, 0.15) is 5.82 Å². The van der Waals surface area contributed by atoms with E-state index in [1.807, 2.05) is 0 Å². The van der Waals surface area contributed by atoms with Crippen molar-refractivity contribution in [3.8, 4) is 0 Å². The number of carboxylic acids is 1. The molecule has 0 aromatic heterocycles. The van der Waals surface area contributed by atoms with Crippen LogP contribution < -0.4 is 0 Å². The third kappa shape index (κ3) is 4.37. The molecule has 2 aromatic carbocycles. The van der Waals surface area contributed by atoms with Gasteiger partial charge >= 0.3 is 5.97 Å². The number of benzene rings is 2. The van der Waals surface area contributed by atoms with Gasteiger partial charge in [-0.1, -0.05) is 29.8 Å². The molecule has 1 unspecified atom stereocenters. The van der Waals surface area contributed by atoms with Gasteiger partial charge in [0, 0.05) is 9.92 Å². The molecule has 2 aromatic rings. The fourth-order valence-corrected chi connectivity index (χ4v) is 3.25. The molecular weight excluding hydrogens is 315 g/mol. The first-order chi connectivity index (χ1) is 9.95. The van der Waals surface area contributed by atoms with Crippen LogP contribution in [0, 0.1) is 5.82 Å². The van der Waals surface area contributed by atoms with Crippen molar-refractivity contribution in [3.05, 3.63) is 64.4 Å². The molecule has 110 valence electrons. The molecule has 1 atom stereocenters.